The zero-order valence-corrected chi connectivity index (χ0v) is 9.95. The van der Waals surface area contributed by atoms with Crippen LogP contribution in [0.25, 0.3) is 0 Å². The molecule has 2 rings (SSSR count). The van der Waals surface area contributed by atoms with Crippen molar-refractivity contribution in [3.05, 3.63) is 29.3 Å². The van der Waals surface area contributed by atoms with E-state index in [0.29, 0.717) is 6.04 Å². The van der Waals surface area contributed by atoms with Gasteiger partial charge < -0.3 is 14.8 Å². The molecule has 0 bridgehead atoms. The molecule has 88 valence electrons. The van der Waals surface area contributed by atoms with Gasteiger partial charge in [-0.25, -0.2) is 0 Å². The van der Waals surface area contributed by atoms with Crippen molar-refractivity contribution in [2.45, 2.75) is 25.4 Å². The van der Waals surface area contributed by atoms with Crippen molar-refractivity contribution in [3.8, 4) is 5.75 Å². The molecule has 0 radical (unpaired) electrons. The van der Waals surface area contributed by atoms with Crippen LogP contribution in [0.2, 0.25) is 0 Å². The molecular weight excluding hydrogens is 202 g/mol. The second-order valence-corrected chi connectivity index (χ2v) is 4.20. The number of hydrogen-bond acceptors (Lipinski definition) is 3. The van der Waals surface area contributed by atoms with E-state index in [-0.39, 0.29) is 0 Å². The first-order valence-corrected chi connectivity index (χ1v) is 5.71. The Balaban J connectivity index is 2.06. The second kappa shape index (κ2) is 5.32. The molecule has 0 amide bonds. The fraction of sp³-hybridized carbons (Fsp3) is 0.538. The maximum atomic E-state index is 5.25. The molecule has 1 N–H and O–H groups in total. The van der Waals surface area contributed by atoms with E-state index in [4.69, 9.17) is 9.47 Å². The lowest BCUT2D eigenvalue weighted by Gasteiger charge is -2.26. The van der Waals surface area contributed by atoms with Crippen molar-refractivity contribution in [1.82, 2.24) is 5.32 Å². The first-order valence-electron chi connectivity index (χ1n) is 5.71. The summed E-state index contributed by atoms with van der Waals surface area (Å²) in [4.78, 5) is 0. The lowest BCUT2D eigenvalue weighted by Crippen LogP contribution is -2.36. The molecule has 0 saturated heterocycles. The molecule has 16 heavy (non-hydrogen) atoms. The largest absolute Gasteiger partial charge is 0.497 e. The number of fused-ring (bicyclic) bond motifs is 1. The van der Waals surface area contributed by atoms with Gasteiger partial charge in [-0.05, 0) is 36.1 Å². The number of benzene rings is 1. The highest BCUT2D eigenvalue weighted by Crippen LogP contribution is 2.23. The number of methoxy groups -OCH3 is 2. The molecule has 1 aliphatic heterocycles. The quantitative estimate of drug-likeness (QED) is 0.840. The predicted molar refractivity (Wildman–Crippen MR) is 63.8 cm³/mol. The molecule has 1 unspecified atom stereocenters. The summed E-state index contributed by atoms with van der Waals surface area (Å²) in [5.74, 6) is 0.950. The molecular formula is C13H19NO2. The normalized spacial score (nSPS) is 19.2. The molecule has 1 heterocycles. The van der Waals surface area contributed by atoms with Crippen LogP contribution in [-0.4, -0.2) is 26.9 Å². The highest BCUT2D eigenvalue weighted by molar-refractivity contribution is 5.37. The minimum absolute atomic E-state index is 0.527. The average Bonchev–Trinajstić information content (AvgIpc) is 2.35. The molecule has 1 aliphatic rings. The number of nitrogens with one attached hydrogen (secondary N) is 1. The molecule has 0 saturated carbocycles. The standard InChI is InChI=1S/C13H19NO2/c1-15-6-5-12-7-11-8-13(16-2)4-3-10(11)9-14-12/h3-4,8,12,14H,5-7,9H2,1-2H3. The fourth-order valence-electron chi connectivity index (χ4n) is 2.15. The third-order valence-electron chi connectivity index (χ3n) is 3.13. The van der Waals surface area contributed by atoms with Crippen LogP contribution >= 0.6 is 0 Å². The van der Waals surface area contributed by atoms with E-state index in [1.54, 1.807) is 14.2 Å². The van der Waals surface area contributed by atoms with Crippen molar-refractivity contribution in [1.29, 1.82) is 0 Å². The van der Waals surface area contributed by atoms with Crippen molar-refractivity contribution in [2.24, 2.45) is 0 Å². The predicted octanol–water partition coefficient (Wildman–Crippen LogP) is 1.75. The Labute approximate surface area is 96.8 Å². The number of hydrogen-bond donors (Lipinski definition) is 1. The molecule has 3 heteroatoms. The van der Waals surface area contributed by atoms with Crippen molar-refractivity contribution < 1.29 is 9.47 Å². The summed E-state index contributed by atoms with van der Waals surface area (Å²) in [6.45, 7) is 1.77. The van der Waals surface area contributed by atoms with Crippen LogP contribution in [0.15, 0.2) is 18.2 Å². The summed E-state index contributed by atoms with van der Waals surface area (Å²) in [6, 6.07) is 6.85. The highest BCUT2D eigenvalue weighted by Gasteiger charge is 2.17. The van der Waals surface area contributed by atoms with Gasteiger partial charge in [-0.15, -0.1) is 0 Å². The number of rotatable bonds is 4. The second-order valence-electron chi connectivity index (χ2n) is 4.20. The smallest absolute Gasteiger partial charge is 0.119 e. The number of ether oxygens (including phenoxy) is 2. The van der Waals surface area contributed by atoms with E-state index in [0.717, 1.165) is 31.7 Å². The third kappa shape index (κ3) is 2.54. The van der Waals surface area contributed by atoms with E-state index in [1.165, 1.54) is 11.1 Å². The van der Waals surface area contributed by atoms with Gasteiger partial charge in [0.25, 0.3) is 0 Å². The molecule has 1 aromatic carbocycles. The van der Waals surface area contributed by atoms with Crippen LogP contribution in [-0.2, 0) is 17.7 Å². The lowest BCUT2D eigenvalue weighted by atomic mass is 9.94. The van der Waals surface area contributed by atoms with Crippen LogP contribution in [0.4, 0.5) is 0 Å². The van der Waals surface area contributed by atoms with Crippen LogP contribution < -0.4 is 10.1 Å². The van der Waals surface area contributed by atoms with Gasteiger partial charge in [-0.2, -0.15) is 0 Å². The van der Waals surface area contributed by atoms with Crippen LogP contribution in [0.5, 0.6) is 5.75 Å². The van der Waals surface area contributed by atoms with E-state index < -0.39 is 0 Å². The van der Waals surface area contributed by atoms with Gasteiger partial charge in [0.15, 0.2) is 0 Å². The van der Waals surface area contributed by atoms with Gasteiger partial charge in [-0.3, -0.25) is 0 Å². The van der Waals surface area contributed by atoms with Crippen molar-refractivity contribution >= 4 is 0 Å². The fourth-order valence-corrected chi connectivity index (χ4v) is 2.15. The Morgan fingerprint density at radius 1 is 1.31 bits per heavy atom. The summed E-state index contributed by atoms with van der Waals surface area (Å²) < 4.78 is 10.4. The van der Waals surface area contributed by atoms with Crippen molar-refractivity contribution in [2.75, 3.05) is 20.8 Å². The Hall–Kier alpha value is -1.06. The molecule has 0 spiro atoms. The molecule has 1 atom stereocenters. The van der Waals surface area contributed by atoms with Gasteiger partial charge in [-0.1, -0.05) is 6.07 Å². The van der Waals surface area contributed by atoms with Gasteiger partial charge in [0.2, 0.25) is 0 Å². The van der Waals surface area contributed by atoms with Gasteiger partial charge in [0.1, 0.15) is 5.75 Å². The Kier molecular flexibility index (Phi) is 3.80. The van der Waals surface area contributed by atoms with Gasteiger partial charge >= 0.3 is 0 Å². The summed E-state index contributed by atoms with van der Waals surface area (Å²) in [5, 5.41) is 3.53. The Bertz CT molecular complexity index is 352. The summed E-state index contributed by atoms with van der Waals surface area (Å²) >= 11 is 0. The molecule has 0 aromatic heterocycles. The maximum Gasteiger partial charge on any atom is 0.119 e. The minimum atomic E-state index is 0.527. The first-order chi connectivity index (χ1) is 7.83. The molecule has 0 fully saturated rings. The van der Waals surface area contributed by atoms with E-state index >= 15 is 0 Å². The van der Waals surface area contributed by atoms with Gasteiger partial charge in [0.05, 0.1) is 7.11 Å². The minimum Gasteiger partial charge on any atom is -0.497 e. The molecule has 1 aromatic rings. The summed E-state index contributed by atoms with van der Waals surface area (Å²) in [7, 11) is 3.46. The average molecular weight is 221 g/mol. The summed E-state index contributed by atoms with van der Waals surface area (Å²) in [5.41, 5.74) is 2.79. The maximum absolute atomic E-state index is 5.25. The van der Waals surface area contributed by atoms with E-state index in [1.807, 2.05) is 6.07 Å². The zero-order valence-electron chi connectivity index (χ0n) is 9.95. The monoisotopic (exact) mass is 221 g/mol. The van der Waals surface area contributed by atoms with E-state index in [9.17, 15) is 0 Å². The van der Waals surface area contributed by atoms with Crippen LogP contribution in [0.3, 0.4) is 0 Å². The van der Waals surface area contributed by atoms with Crippen LogP contribution in [0, 0.1) is 0 Å². The van der Waals surface area contributed by atoms with Crippen molar-refractivity contribution in [3.63, 3.8) is 0 Å². The molecule has 3 nitrogen and oxygen atoms in total. The Morgan fingerprint density at radius 2 is 2.19 bits per heavy atom. The first kappa shape index (κ1) is 11.4. The highest BCUT2D eigenvalue weighted by atomic mass is 16.5. The SMILES string of the molecule is COCCC1Cc2cc(OC)ccc2CN1. The topological polar surface area (TPSA) is 30.5 Å². The Morgan fingerprint density at radius 3 is 2.94 bits per heavy atom. The summed E-state index contributed by atoms with van der Waals surface area (Å²) in [6.07, 6.45) is 2.13. The van der Waals surface area contributed by atoms with Crippen LogP contribution in [0.1, 0.15) is 17.5 Å². The molecule has 0 aliphatic carbocycles. The van der Waals surface area contributed by atoms with Gasteiger partial charge in [0, 0.05) is 26.3 Å². The third-order valence-corrected chi connectivity index (χ3v) is 3.13. The lowest BCUT2D eigenvalue weighted by molar-refractivity contribution is 0.181. The van der Waals surface area contributed by atoms with E-state index in [2.05, 4.69) is 17.4 Å². The zero-order chi connectivity index (χ0) is 11.4.